The first-order valence-corrected chi connectivity index (χ1v) is 14.4. The lowest BCUT2D eigenvalue weighted by Gasteiger charge is -2.28. The molecule has 0 aromatic rings. The van der Waals surface area contributed by atoms with Crippen LogP contribution in [0.1, 0.15) is 137 Å². The maximum Gasteiger partial charge on any atom is 0.310 e. The Balaban J connectivity index is 2.15. The summed E-state index contributed by atoms with van der Waals surface area (Å²) in [5, 5.41) is 9.46. The number of unbranched alkanes of at least 4 members (excludes halogenated alkanes) is 11. The van der Waals surface area contributed by atoms with Crippen LogP contribution in [0, 0.1) is 23.7 Å². The van der Waals surface area contributed by atoms with Gasteiger partial charge in [-0.1, -0.05) is 123 Å². The molecule has 0 spiro atoms. The Morgan fingerprint density at radius 2 is 1.21 bits per heavy atom. The first-order chi connectivity index (χ1) is 16.4. The molecule has 0 heterocycles. The van der Waals surface area contributed by atoms with Gasteiger partial charge in [0.25, 0.3) is 0 Å². The number of hydrogen-bond donors (Lipinski definition) is 1. The number of carbonyl (C=O) groups excluding carboxylic acids is 1. The molecular weight excluding hydrogens is 424 g/mol. The fraction of sp³-hybridized carbons (Fsp3) is 0.867. The number of aliphatic carboxylic acids is 1. The van der Waals surface area contributed by atoms with Crippen molar-refractivity contribution in [2.45, 2.75) is 143 Å². The minimum absolute atomic E-state index is 0.0987. The molecule has 4 unspecified atom stereocenters. The highest BCUT2D eigenvalue weighted by molar-refractivity contribution is 5.81. The smallest absolute Gasteiger partial charge is 0.310 e. The van der Waals surface area contributed by atoms with E-state index < -0.39 is 17.8 Å². The molecule has 0 aliphatic heterocycles. The SMILES string of the molecule is CCC(C)C(CCCCCCCCCCCCCCC(C)C)OC(=O)C1CC=CCC1C(=O)O. The van der Waals surface area contributed by atoms with Crippen LogP contribution in [0.25, 0.3) is 0 Å². The first kappa shape index (κ1) is 30.7. The summed E-state index contributed by atoms with van der Waals surface area (Å²) in [5.74, 6) is -1.26. The van der Waals surface area contributed by atoms with E-state index in [9.17, 15) is 14.7 Å². The molecule has 0 aromatic carbocycles. The van der Waals surface area contributed by atoms with Gasteiger partial charge in [-0.15, -0.1) is 0 Å². The molecule has 0 aromatic heterocycles. The van der Waals surface area contributed by atoms with E-state index in [0.29, 0.717) is 18.8 Å². The second-order valence-corrected chi connectivity index (χ2v) is 11.1. The second kappa shape index (κ2) is 18.9. The van der Waals surface area contributed by atoms with Gasteiger partial charge in [0, 0.05) is 0 Å². The van der Waals surface area contributed by atoms with Crippen LogP contribution in [0.3, 0.4) is 0 Å². The van der Waals surface area contributed by atoms with Crippen molar-refractivity contribution in [2.24, 2.45) is 23.7 Å². The Kier molecular flexibility index (Phi) is 17.1. The van der Waals surface area contributed by atoms with Gasteiger partial charge in [0.15, 0.2) is 0 Å². The molecule has 1 N–H and O–H groups in total. The lowest BCUT2D eigenvalue weighted by Crippen LogP contribution is -2.36. The fourth-order valence-corrected chi connectivity index (χ4v) is 4.97. The molecular formula is C30H54O4. The van der Waals surface area contributed by atoms with Crippen LogP contribution in [-0.2, 0) is 14.3 Å². The minimum Gasteiger partial charge on any atom is -0.481 e. The topological polar surface area (TPSA) is 63.6 Å². The molecule has 198 valence electrons. The van der Waals surface area contributed by atoms with Gasteiger partial charge in [-0.3, -0.25) is 9.59 Å². The molecule has 4 atom stereocenters. The quantitative estimate of drug-likeness (QED) is 0.108. The van der Waals surface area contributed by atoms with Gasteiger partial charge in [-0.2, -0.15) is 0 Å². The van der Waals surface area contributed by atoms with Crippen molar-refractivity contribution < 1.29 is 19.4 Å². The lowest BCUT2D eigenvalue weighted by atomic mass is 9.83. The highest BCUT2D eigenvalue weighted by Crippen LogP contribution is 2.29. The largest absolute Gasteiger partial charge is 0.481 e. The molecule has 0 fully saturated rings. The summed E-state index contributed by atoms with van der Waals surface area (Å²) in [6.07, 6.45) is 23.7. The predicted octanol–water partition coefficient (Wildman–Crippen LogP) is 8.73. The number of carboxylic acid groups (broad SMARTS) is 1. The molecule has 0 amide bonds. The second-order valence-electron chi connectivity index (χ2n) is 11.1. The summed E-state index contributed by atoms with van der Waals surface area (Å²) in [5.41, 5.74) is 0. The Bertz CT molecular complexity index is 568. The summed E-state index contributed by atoms with van der Waals surface area (Å²) in [4.78, 5) is 24.3. The highest BCUT2D eigenvalue weighted by atomic mass is 16.5. The van der Waals surface area contributed by atoms with Crippen LogP contribution >= 0.6 is 0 Å². The summed E-state index contributed by atoms with van der Waals surface area (Å²) in [6.45, 7) is 8.89. The molecule has 0 saturated heterocycles. The van der Waals surface area contributed by atoms with Gasteiger partial charge in [0.1, 0.15) is 6.10 Å². The molecule has 4 nitrogen and oxygen atoms in total. The highest BCUT2D eigenvalue weighted by Gasteiger charge is 2.36. The summed E-state index contributed by atoms with van der Waals surface area (Å²) >= 11 is 0. The third-order valence-corrected chi connectivity index (χ3v) is 7.62. The van der Waals surface area contributed by atoms with E-state index >= 15 is 0 Å². The van der Waals surface area contributed by atoms with Crippen molar-refractivity contribution in [1.82, 2.24) is 0 Å². The van der Waals surface area contributed by atoms with Gasteiger partial charge >= 0.3 is 11.9 Å². The van der Waals surface area contributed by atoms with Crippen molar-refractivity contribution >= 4 is 11.9 Å². The number of carbonyl (C=O) groups is 2. The maximum atomic E-state index is 12.8. The molecule has 0 radical (unpaired) electrons. The third kappa shape index (κ3) is 13.5. The molecule has 0 bridgehead atoms. The zero-order valence-corrected chi connectivity index (χ0v) is 22.7. The Morgan fingerprint density at radius 1 is 0.765 bits per heavy atom. The van der Waals surface area contributed by atoms with E-state index in [1.807, 2.05) is 12.2 Å². The van der Waals surface area contributed by atoms with Gasteiger partial charge in [0.05, 0.1) is 11.8 Å². The average molecular weight is 479 g/mol. The van der Waals surface area contributed by atoms with Crippen molar-refractivity contribution in [1.29, 1.82) is 0 Å². The number of rotatable bonds is 20. The summed E-state index contributed by atoms with van der Waals surface area (Å²) in [7, 11) is 0. The number of ether oxygens (including phenoxy) is 1. The van der Waals surface area contributed by atoms with Crippen molar-refractivity contribution in [3.8, 4) is 0 Å². The lowest BCUT2D eigenvalue weighted by molar-refractivity contribution is -0.164. The number of esters is 1. The molecule has 1 aliphatic carbocycles. The standard InChI is InChI=1S/C30H54O4/c1-5-25(4)28(34-30(33)27-22-19-18-21-26(27)29(31)32)23-17-15-13-11-9-7-6-8-10-12-14-16-20-24(2)3/h18-19,24-28H,5-17,20-23H2,1-4H3,(H,31,32). The first-order valence-electron chi connectivity index (χ1n) is 14.4. The predicted molar refractivity (Wildman–Crippen MR) is 142 cm³/mol. The number of allylic oxidation sites excluding steroid dienone is 2. The Hall–Kier alpha value is -1.32. The van der Waals surface area contributed by atoms with Gasteiger partial charge in [-0.25, -0.2) is 0 Å². The van der Waals surface area contributed by atoms with Crippen LogP contribution in [0.5, 0.6) is 0 Å². The van der Waals surface area contributed by atoms with Crippen LogP contribution in [0.4, 0.5) is 0 Å². The molecule has 1 rings (SSSR count). The van der Waals surface area contributed by atoms with Gasteiger partial charge in [0.2, 0.25) is 0 Å². The average Bonchev–Trinajstić information content (AvgIpc) is 2.82. The van der Waals surface area contributed by atoms with E-state index in [1.54, 1.807) is 0 Å². The number of hydrogen-bond acceptors (Lipinski definition) is 3. The van der Waals surface area contributed by atoms with Crippen molar-refractivity contribution in [2.75, 3.05) is 0 Å². The molecule has 34 heavy (non-hydrogen) atoms. The Labute approximate surface area is 210 Å². The van der Waals surface area contributed by atoms with Crippen LogP contribution in [-0.4, -0.2) is 23.1 Å². The zero-order valence-electron chi connectivity index (χ0n) is 22.7. The zero-order chi connectivity index (χ0) is 25.2. The monoisotopic (exact) mass is 478 g/mol. The van der Waals surface area contributed by atoms with E-state index in [-0.39, 0.29) is 12.1 Å². The summed E-state index contributed by atoms with van der Waals surface area (Å²) < 4.78 is 5.91. The van der Waals surface area contributed by atoms with E-state index in [2.05, 4.69) is 27.7 Å². The van der Waals surface area contributed by atoms with Crippen LogP contribution in [0.2, 0.25) is 0 Å². The summed E-state index contributed by atoms with van der Waals surface area (Å²) in [6, 6.07) is 0. The normalized spacial score (nSPS) is 19.8. The van der Waals surface area contributed by atoms with Gasteiger partial charge < -0.3 is 9.84 Å². The van der Waals surface area contributed by atoms with E-state index in [1.165, 1.54) is 77.0 Å². The molecule has 1 aliphatic rings. The van der Waals surface area contributed by atoms with Crippen molar-refractivity contribution in [3.63, 3.8) is 0 Å². The van der Waals surface area contributed by atoms with Crippen LogP contribution in [0.15, 0.2) is 12.2 Å². The molecule has 4 heteroatoms. The number of carboxylic acids is 1. The van der Waals surface area contributed by atoms with Crippen molar-refractivity contribution in [3.05, 3.63) is 12.2 Å². The van der Waals surface area contributed by atoms with E-state index in [0.717, 1.165) is 25.2 Å². The Morgan fingerprint density at radius 3 is 1.65 bits per heavy atom. The van der Waals surface area contributed by atoms with Gasteiger partial charge in [-0.05, 0) is 37.5 Å². The van der Waals surface area contributed by atoms with E-state index in [4.69, 9.17) is 4.74 Å². The van der Waals surface area contributed by atoms with Crippen LogP contribution < -0.4 is 0 Å². The third-order valence-electron chi connectivity index (χ3n) is 7.62. The fourth-order valence-electron chi connectivity index (χ4n) is 4.97. The molecule has 0 saturated carbocycles. The minimum atomic E-state index is -0.895. The maximum absolute atomic E-state index is 12.8.